The minimum absolute atomic E-state index is 0. The first kappa shape index (κ1) is 23.0. The van der Waals surface area contributed by atoms with Crippen LogP contribution in [0.4, 0.5) is 13.2 Å². The molecule has 5 nitrogen and oxygen atoms in total. The molecule has 0 aliphatic rings. The Balaban J connectivity index is 0.00000364. The first-order valence-electron chi connectivity index (χ1n) is 8.09. The molecule has 148 valence electrons. The number of alkyl halides is 3. The lowest BCUT2D eigenvalue weighted by Crippen LogP contribution is -2.37. The molecule has 0 atom stereocenters. The molecule has 1 aromatic carbocycles. The van der Waals surface area contributed by atoms with E-state index in [0.29, 0.717) is 12.5 Å². The summed E-state index contributed by atoms with van der Waals surface area (Å²) in [6, 6.07) is 13.2. The molecule has 0 aliphatic heterocycles. The maximum Gasteiger partial charge on any atom is 0.422 e. The maximum absolute atomic E-state index is 12.1. The molecule has 0 amide bonds. The van der Waals surface area contributed by atoms with Crippen LogP contribution in [0.3, 0.4) is 0 Å². The van der Waals surface area contributed by atoms with E-state index < -0.39 is 12.8 Å². The summed E-state index contributed by atoms with van der Waals surface area (Å²) in [7, 11) is 1.67. The summed E-state index contributed by atoms with van der Waals surface area (Å²) >= 11 is 0. The number of aromatic nitrogens is 1. The quantitative estimate of drug-likeness (QED) is 0.352. The van der Waals surface area contributed by atoms with Gasteiger partial charge in [0.1, 0.15) is 0 Å². The number of nitrogens with one attached hydrogen (secondary N) is 2. The standard InChI is InChI=1S/C18H21F3N4O.HI/c1-22-17(23-10-9-14-5-3-2-4-6-14)25-12-15-7-8-16(24-11-15)26-13-18(19,20)21;/h2-8,11H,9-10,12-13H2,1H3,(H2,22,23,25);1H. The van der Waals surface area contributed by atoms with Gasteiger partial charge in [-0.15, -0.1) is 24.0 Å². The second-order valence-corrected chi connectivity index (χ2v) is 5.50. The minimum atomic E-state index is -4.38. The van der Waals surface area contributed by atoms with Crippen LogP contribution in [0.5, 0.6) is 5.88 Å². The van der Waals surface area contributed by atoms with E-state index in [2.05, 4.69) is 37.5 Å². The lowest BCUT2D eigenvalue weighted by atomic mass is 10.1. The number of hydrogen-bond acceptors (Lipinski definition) is 3. The van der Waals surface area contributed by atoms with Crippen molar-refractivity contribution < 1.29 is 17.9 Å². The highest BCUT2D eigenvalue weighted by Crippen LogP contribution is 2.16. The largest absolute Gasteiger partial charge is 0.468 e. The van der Waals surface area contributed by atoms with Crippen molar-refractivity contribution in [2.24, 2.45) is 4.99 Å². The number of nitrogens with zero attached hydrogens (tertiary/aromatic N) is 2. The van der Waals surface area contributed by atoms with E-state index in [-0.39, 0.29) is 29.9 Å². The van der Waals surface area contributed by atoms with Gasteiger partial charge >= 0.3 is 6.18 Å². The third kappa shape index (κ3) is 9.45. The summed E-state index contributed by atoms with van der Waals surface area (Å²) < 4.78 is 40.9. The molecule has 0 aliphatic carbocycles. The van der Waals surface area contributed by atoms with Crippen molar-refractivity contribution in [1.82, 2.24) is 15.6 Å². The number of halogens is 4. The third-order valence-corrected chi connectivity index (χ3v) is 3.41. The average Bonchev–Trinajstić information content (AvgIpc) is 2.64. The Kier molecular flexibility index (Phi) is 9.90. The van der Waals surface area contributed by atoms with E-state index in [4.69, 9.17) is 0 Å². The molecule has 0 bridgehead atoms. The molecule has 2 rings (SSSR count). The summed E-state index contributed by atoms with van der Waals surface area (Å²) in [4.78, 5) is 8.00. The van der Waals surface area contributed by atoms with Crippen LogP contribution in [0.2, 0.25) is 0 Å². The predicted molar refractivity (Wildman–Crippen MR) is 110 cm³/mol. The predicted octanol–water partition coefficient (Wildman–Crippen LogP) is 3.55. The molecule has 0 fully saturated rings. The van der Waals surface area contributed by atoms with Gasteiger partial charge in [0.05, 0.1) is 0 Å². The topological polar surface area (TPSA) is 58.5 Å². The fraction of sp³-hybridized carbons (Fsp3) is 0.333. The van der Waals surface area contributed by atoms with Crippen molar-refractivity contribution in [2.75, 3.05) is 20.2 Å². The first-order valence-corrected chi connectivity index (χ1v) is 8.09. The maximum atomic E-state index is 12.1. The van der Waals surface area contributed by atoms with Crippen molar-refractivity contribution in [2.45, 2.75) is 19.1 Å². The number of rotatable bonds is 7. The normalized spacial score (nSPS) is 11.5. The fourth-order valence-corrected chi connectivity index (χ4v) is 2.13. The van der Waals surface area contributed by atoms with Gasteiger partial charge in [-0.1, -0.05) is 36.4 Å². The van der Waals surface area contributed by atoms with Crippen LogP contribution in [0.1, 0.15) is 11.1 Å². The van der Waals surface area contributed by atoms with Crippen molar-refractivity contribution in [1.29, 1.82) is 0 Å². The molecule has 0 saturated carbocycles. The van der Waals surface area contributed by atoms with Crippen LogP contribution in [0.15, 0.2) is 53.7 Å². The van der Waals surface area contributed by atoms with E-state index in [0.717, 1.165) is 18.5 Å². The van der Waals surface area contributed by atoms with Gasteiger partial charge in [-0.3, -0.25) is 4.99 Å². The Morgan fingerprint density at radius 1 is 1.07 bits per heavy atom. The molecule has 9 heteroatoms. The van der Waals surface area contributed by atoms with Crippen LogP contribution in [0, 0.1) is 0 Å². The number of guanidine groups is 1. The lowest BCUT2D eigenvalue weighted by molar-refractivity contribution is -0.154. The Morgan fingerprint density at radius 3 is 2.41 bits per heavy atom. The second-order valence-electron chi connectivity index (χ2n) is 5.50. The van der Waals surface area contributed by atoms with Crippen LogP contribution >= 0.6 is 24.0 Å². The Labute approximate surface area is 173 Å². The molecular weight excluding hydrogens is 472 g/mol. The molecule has 0 spiro atoms. The monoisotopic (exact) mass is 494 g/mol. The highest BCUT2D eigenvalue weighted by Gasteiger charge is 2.28. The van der Waals surface area contributed by atoms with Gasteiger partial charge in [0.15, 0.2) is 12.6 Å². The van der Waals surface area contributed by atoms with Gasteiger partial charge in [-0.2, -0.15) is 13.2 Å². The number of ether oxygens (including phenoxy) is 1. The molecule has 27 heavy (non-hydrogen) atoms. The van der Waals surface area contributed by atoms with Crippen molar-refractivity contribution >= 4 is 29.9 Å². The smallest absolute Gasteiger partial charge is 0.422 e. The third-order valence-electron chi connectivity index (χ3n) is 3.41. The van der Waals surface area contributed by atoms with Crippen LogP contribution in [0.25, 0.3) is 0 Å². The summed E-state index contributed by atoms with van der Waals surface area (Å²) in [5, 5.41) is 6.33. The summed E-state index contributed by atoms with van der Waals surface area (Å²) in [6.45, 7) is -0.181. The number of aliphatic imine (C=N–C) groups is 1. The van der Waals surface area contributed by atoms with Crippen molar-refractivity contribution in [3.05, 3.63) is 59.8 Å². The van der Waals surface area contributed by atoms with E-state index in [1.807, 2.05) is 18.2 Å². The summed E-state index contributed by atoms with van der Waals surface area (Å²) in [5.41, 5.74) is 2.03. The van der Waals surface area contributed by atoms with Crippen molar-refractivity contribution in [3.8, 4) is 5.88 Å². The highest BCUT2D eigenvalue weighted by molar-refractivity contribution is 14.0. The summed E-state index contributed by atoms with van der Waals surface area (Å²) in [5.74, 6) is 0.578. The minimum Gasteiger partial charge on any atom is -0.468 e. The van der Waals surface area contributed by atoms with Gasteiger partial charge in [-0.25, -0.2) is 4.98 Å². The number of pyridine rings is 1. The van der Waals surface area contributed by atoms with Crippen LogP contribution in [-0.4, -0.2) is 37.3 Å². The van der Waals surface area contributed by atoms with Gasteiger partial charge in [0, 0.05) is 32.4 Å². The van der Waals surface area contributed by atoms with Crippen LogP contribution in [-0.2, 0) is 13.0 Å². The molecule has 0 radical (unpaired) electrons. The molecule has 0 saturated heterocycles. The van der Waals surface area contributed by atoms with Gasteiger partial charge < -0.3 is 15.4 Å². The molecule has 2 N–H and O–H groups in total. The van der Waals surface area contributed by atoms with E-state index in [1.54, 1.807) is 13.1 Å². The van der Waals surface area contributed by atoms with Crippen molar-refractivity contribution in [3.63, 3.8) is 0 Å². The average molecular weight is 494 g/mol. The molecule has 0 unspecified atom stereocenters. The second kappa shape index (κ2) is 11.6. The first-order chi connectivity index (χ1) is 12.5. The zero-order chi connectivity index (χ0) is 18.8. The van der Waals surface area contributed by atoms with E-state index in [9.17, 15) is 13.2 Å². The zero-order valence-electron chi connectivity index (χ0n) is 14.8. The Hall–Kier alpha value is -2.04. The van der Waals surface area contributed by atoms with Gasteiger partial charge in [0.25, 0.3) is 0 Å². The number of hydrogen-bond donors (Lipinski definition) is 2. The van der Waals surface area contributed by atoms with E-state index in [1.165, 1.54) is 17.8 Å². The Morgan fingerprint density at radius 2 is 1.81 bits per heavy atom. The zero-order valence-corrected chi connectivity index (χ0v) is 17.1. The molecular formula is C18H22F3IN4O. The lowest BCUT2D eigenvalue weighted by Gasteiger charge is -2.12. The van der Waals surface area contributed by atoms with Gasteiger partial charge in [-0.05, 0) is 17.5 Å². The SMILES string of the molecule is CN=C(NCCc1ccccc1)NCc1ccc(OCC(F)(F)F)nc1.I. The van der Waals surface area contributed by atoms with E-state index >= 15 is 0 Å². The summed E-state index contributed by atoms with van der Waals surface area (Å²) in [6.07, 6.45) is -2.04. The molecule has 2 aromatic rings. The molecule has 1 heterocycles. The highest BCUT2D eigenvalue weighted by atomic mass is 127. The molecule has 1 aromatic heterocycles. The fourth-order valence-electron chi connectivity index (χ4n) is 2.13. The number of benzene rings is 1. The van der Waals surface area contributed by atoms with Crippen LogP contribution < -0.4 is 15.4 Å². The van der Waals surface area contributed by atoms with Gasteiger partial charge in [0.2, 0.25) is 5.88 Å². The Bertz CT molecular complexity index is 694.